The number of aromatic nitrogens is 1. The molecule has 2 aromatic rings. The average Bonchev–Trinajstić information content (AvgIpc) is 3.31. The minimum absolute atomic E-state index is 0.0622. The third kappa shape index (κ3) is 2.27. The van der Waals surface area contributed by atoms with Crippen LogP contribution in [-0.4, -0.2) is 28.6 Å². The van der Waals surface area contributed by atoms with Gasteiger partial charge in [0.05, 0.1) is 0 Å². The minimum atomic E-state index is 0.0622. The van der Waals surface area contributed by atoms with Gasteiger partial charge in [-0.1, -0.05) is 18.2 Å². The molecule has 0 bridgehead atoms. The molecule has 4 rings (SSSR count). The highest BCUT2D eigenvalue weighted by molar-refractivity contribution is 5.86. The van der Waals surface area contributed by atoms with Crippen molar-refractivity contribution in [3.8, 4) is 0 Å². The maximum atomic E-state index is 12.1. The van der Waals surface area contributed by atoms with Crippen molar-refractivity contribution >= 4 is 16.9 Å². The van der Waals surface area contributed by atoms with Crippen LogP contribution in [0.15, 0.2) is 24.3 Å². The van der Waals surface area contributed by atoms with Crippen LogP contribution in [0.3, 0.4) is 0 Å². The summed E-state index contributed by atoms with van der Waals surface area (Å²) in [7, 11) is 0. The molecule has 1 fully saturated rings. The fourth-order valence-electron chi connectivity index (χ4n) is 3.60. The first-order chi connectivity index (χ1) is 10.8. The van der Waals surface area contributed by atoms with Gasteiger partial charge in [0, 0.05) is 54.8 Å². The first-order valence-corrected chi connectivity index (χ1v) is 8.39. The van der Waals surface area contributed by atoms with Crippen LogP contribution in [0, 0.1) is 5.92 Å². The number of rotatable bonds is 3. The lowest BCUT2D eigenvalue weighted by atomic mass is 10.0. The van der Waals surface area contributed by atoms with Crippen molar-refractivity contribution in [1.29, 1.82) is 0 Å². The second kappa shape index (κ2) is 5.34. The van der Waals surface area contributed by atoms with Crippen molar-refractivity contribution in [3.05, 3.63) is 35.5 Å². The van der Waals surface area contributed by atoms with Gasteiger partial charge in [-0.05, 0) is 31.7 Å². The van der Waals surface area contributed by atoms with Crippen LogP contribution >= 0.6 is 0 Å². The molecule has 4 heteroatoms. The molecule has 2 heterocycles. The van der Waals surface area contributed by atoms with Gasteiger partial charge in [-0.15, -0.1) is 0 Å². The molecule has 0 saturated heterocycles. The van der Waals surface area contributed by atoms with Crippen LogP contribution in [0.25, 0.3) is 10.9 Å². The van der Waals surface area contributed by atoms with E-state index in [0.29, 0.717) is 6.54 Å². The van der Waals surface area contributed by atoms with E-state index in [9.17, 15) is 4.79 Å². The summed E-state index contributed by atoms with van der Waals surface area (Å²) >= 11 is 0. The highest BCUT2D eigenvalue weighted by Crippen LogP contribution is 2.36. The first kappa shape index (κ1) is 13.7. The zero-order chi connectivity index (χ0) is 15.1. The molecule has 2 amide bonds. The van der Waals surface area contributed by atoms with Gasteiger partial charge in [-0.2, -0.15) is 0 Å². The lowest BCUT2D eigenvalue weighted by Crippen LogP contribution is -2.42. The molecule has 0 radical (unpaired) electrons. The Bertz CT molecular complexity index is 714. The summed E-state index contributed by atoms with van der Waals surface area (Å²) in [5.74, 6) is 0.862. The molecule has 22 heavy (non-hydrogen) atoms. The number of hydrogen-bond donors (Lipinski definition) is 1. The lowest BCUT2D eigenvalue weighted by molar-refractivity contribution is 0.192. The summed E-state index contributed by atoms with van der Waals surface area (Å²) in [5, 5.41) is 4.25. The number of hydrogen-bond acceptors (Lipinski definition) is 1. The fraction of sp³-hybridized carbons (Fsp3) is 0.500. The van der Waals surface area contributed by atoms with Gasteiger partial charge in [-0.3, -0.25) is 0 Å². The Balaban J connectivity index is 1.73. The van der Waals surface area contributed by atoms with Gasteiger partial charge in [-0.25, -0.2) is 4.79 Å². The van der Waals surface area contributed by atoms with E-state index >= 15 is 0 Å². The van der Waals surface area contributed by atoms with Gasteiger partial charge in [0.15, 0.2) is 0 Å². The zero-order valence-corrected chi connectivity index (χ0v) is 13.1. The Kier molecular flexibility index (Phi) is 3.32. The number of nitrogens with zero attached hydrogens (tertiary/aromatic N) is 2. The Hall–Kier alpha value is -1.97. The molecule has 0 spiro atoms. The molecule has 116 valence electrons. The molecule has 1 aromatic heterocycles. The number of carbonyl (C=O) groups excluding carboxylic acids is 1. The number of nitrogens with one attached hydrogen (secondary N) is 1. The lowest BCUT2D eigenvalue weighted by Gasteiger charge is -2.28. The van der Waals surface area contributed by atoms with E-state index in [1.807, 2.05) is 11.8 Å². The number of carbonyl (C=O) groups is 1. The van der Waals surface area contributed by atoms with Crippen molar-refractivity contribution in [1.82, 2.24) is 14.8 Å². The van der Waals surface area contributed by atoms with E-state index in [1.54, 1.807) is 0 Å². The number of urea groups is 1. The normalized spacial score (nSPS) is 17.6. The van der Waals surface area contributed by atoms with Crippen molar-refractivity contribution in [2.24, 2.45) is 5.92 Å². The molecule has 1 N–H and O–H groups in total. The second-order valence-corrected chi connectivity index (χ2v) is 6.50. The maximum absolute atomic E-state index is 12.1. The molecule has 1 saturated carbocycles. The topological polar surface area (TPSA) is 37.3 Å². The Morgan fingerprint density at radius 3 is 2.91 bits per heavy atom. The highest BCUT2D eigenvalue weighted by Gasteiger charge is 2.29. The van der Waals surface area contributed by atoms with Gasteiger partial charge >= 0.3 is 6.03 Å². The number of fused-ring (bicyclic) bond motifs is 3. The average molecular weight is 297 g/mol. The van der Waals surface area contributed by atoms with E-state index in [4.69, 9.17) is 0 Å². The summed E-state index contributed by atoms with van der Waals surface area (Å²) in [6, 6.07) is 8.73. The van der Waals surface area contributed by atoms with Crippen molar-refractivity contribution in [2.75, 3.05) is 13.1 Å². The standard InChI is InChI=1S/C18H23N3O/c1-2-19-18(22)20-10-9-17-15(12-20)14-5-3-4-6-16(14)21(17)11-13-7-8-13/h3-6,13H,2,7-12H2,1H3,(H,19,22). The molecule has 4 nitrogen and oxygen atoms in total. The zero-order valence-electron chi connectivity index (χ0n) is 13.1. The largest absolute Gasteiger partial charge is 0.344 e. The van der Waals surface area contributed by atoms with Crippen molar-refractivity contribution in [3.63, 3.8) is 0 Å². The number of amides is 2. The van der Waals surface area contributed by atoms with E-state index in [-0.39, 0.29) is 6.03 Å². The Labute approximate surface area is 131 Å². The Morgan fingerprint density at radius 1 is 1.32 bits per heavy atom. The van der Waals surface area contributed by atoms with Crippen LogP contribution in [0.5, 0.6) is 0 Å². The molecular weight excluding hydrogens is 274 g/mol. The van der Waals surface area contributed by atoms with Gasteiger partial charge in [0.25, 0.3) is 0 Å². The molecule has 1 aliphatic carbocycles. The number of benzene rings is 1. The minimum Gasteiger partial charge on any atom is -0.344 e. The molecule has 1 aromatic carbocycles. The van der Waals surface area contributed by atoms with Gasteiger partial charge in [0.2, 0.25) is 0 Å². The molecule has 0 atom stereocenters. The summed E-state index contributed by atoms with van der Waals surface area (Å²) in [6.45, 7) is 5.36. The van der Waals surface area contributed by atoms with Crippen LogP contribution in [0.2, 0.25) is 0 Å². The second-order valence-electron chi connectivity index (χ2n) is 6.50. The quantitative estimate of drug-likeness (QED) is 0.928. The van der Waals surface area contributed by atoms with Crippen LogP contribution in [0.1, 0.15) is 31.0 Å². The van der Waals surface area contributed by atoms with Gasteiger partial charge in [0.1, 0.15) is 0 Å². The van der Waals surface area contributed by atoms with Crippen LogP contribution in [-0.2, 0) is 19.5 Å². The fourth-order valence-corrected chi connectivity index (χ4v) is 3.60. The SMILES string of the molecule is CCNC(=O)N1CCc2c(c3ccccc3n2CC2CC2)C1. The predicted molar refractivity (Wildman–Crippen MR) is 87.8 cm³/mol. The predicted octanol–water partition coefficient (Wildman–Crippen LogP) is 3.14. The van der Waals surface area contributed by atoms with E-state index < -0.39 is 0 Å². The van der Waals surface area contributed by atoms with Crippen LogP contribution in [0.4, 0.5) is 4.79 Å². The van der Waals surface area contributed by atoms with Crippen LogP contribution < -0.4 is 5.32 Å². The molecule has 2 aliphatic rings. The highest BCUT2D eigenvalue weighted by atomic mass is 16.2. The van der Waals surface area contributed by atoms with Gasteiger partial charge < -0.3 is 14.8 Å². The van der Waals surface area contributed by atoms with Crippen molar-refractivity contribution < 1.29 is 4.79 Å². The molecular formula is C18H23N3O. The van der Waals surface area contributed by atoms with E-state index in [2.05, 4.69) is 34.1 Å². The van der Waals surface area contributed by atoms with E-state index in [0.717, 1.165) is 32.0 Å². The van der Waals surface area contributed by atoms with E-state index in [1.165, 1.54) is 35.0 Å². The summed E-state index contributed by atoms with van der Waals surface area (Å²) in [5.41, 5.74) is 4.15. The monoisotopic (exact) mass is 297 g/mol. The summed E-state index contributed by atoms with van der Waals surface area (Å²) in [6.07, 6.45) is 3.70. The van der Waals surface area contributed by atoms with Crippen molar-refractivity contribution in [2.45, 2.75) is 39.3 Å². The summed E-state index contributed by atoms with van der Waals surface area (Å²) < 4.78 is 2.53. The third-order valence-corrected chi connectivity index (χ3v) is 4.91. The maximum Gasteiger partial charge on any atom is 0.317 e. The Morgan fingerprint density at radius 2 is 2.14 bits per heavy atom. The molecule has 0 unspecified atom stereocenters. The first-order valence-electron chi connectivity index (χ1n) is 8.39. The third-order valence-electron chi connectivity index (χ3n) is 4.91. The smallest absolute Gasteiger partial charge is 0.317 e. The summed E-state index contributed by atoms with van der Waals surface area (Å²) in [4.78, 5) is 14.1. The molecule has 1 aliphatic heterocycles. The number of para-hydroxylation sites is 1.